The average Bonchev–Trinajstić information content (AvgIpc) is 3.11. The summed E-state index contributed by atoms with van der Waals surface area (Å²) < 4.78 is 40.1. The van der Waals surface area contributed by atoms with Gasteiger partial charge >= 0.3 is 29.6 Å². The topological polar surface area (TPSA) is 248 Å². The average molecular weight is 633 g/mol. The molecule has 15 heteroatoms. The van der Waals surface area contributed by atoms with Crippen molar-refractivity contribution in [3.8, 4) is 0 Å². The Kier molecular flexibility index (Phi) is 10.3. The van der Waals surface area contributed by atoms with Crippen LogP contribution in [0, 0.1) is 28.6 Å². The molecule has 0 aromatic heterocycles. The Morgan fingerprint density at radius 1 is 1.00 bits per heavy atom. The fourth-order valence-electron chi connectivity index (χ4n) is 9.50. The fraction of sp³-hybridized carbons (Fsp3) is 0.926. The molecule has 0 saturated heterocycles. The van der Waals surface area contributed by atoms with E-state index in [0.717, 1.165) is 0 Å². The van der Waals surface area contributed by atoms with Crippen molar-refractivity contribution in [3.63, 3.8) is 0 Å². The van der Waals surface area contributed by atoms with Gasteiger partial charge in [-0.3, -0.25) is 4.18 Å². The van der Waals surface area contributed by atoms with Gasteiger partial charge in [-0.1, -0.05) is 27.4 Å². The molecule has 1 unspecified atom stereocenters. The number of rotatable bonds is 8. The van der Waals surface area contributed by atoms with E-state index in [-0.39, 0.29) is 86.2 Å². The van der Waals surface area contributed by atoms with Crippen molar-refractivity contribution in [1.82, 2.24) is 0 Å². The van der Waals surface area contributed by atoms with Crippen LogP contribution in [0.15, 0.2) is 12.2 Å². The monoisotopic (exact) mass is 632 g/mol. The van der Waals surface area contributed by atoms with Crippen LogP contribution in [0.3, 0.4) is 0 Å². The fourth-order valence-corrected chi connectivity index (χ4v) is 10.0. The molecule has 9 N–H and O–H groups in total. The zero-order valence-corrected chi connectivity index (χ0v) is 27.4. The van der Waals surface area contributed by atoms with Gasteiger partial charge in [-0.05, 0) is 62.4 Å². The number of hydrogen-bond donors (Lipinski definition) is 9. The smallest absolute Gasteiger partial charge is 0.726 e. The Balaban J connectivity index is 0.00000484. The molecule has 0 aromatic rings. The van der Waals surface area contributed by atoms with Crippen LogP contribution in [-0.4, -0.2) is 119 Å². The van der Waals surface area contributed by atoms with E-state index < -0.39 is 86.5 Å². The van der Waals surface area contributed by atoms with Gasteiger partial charge < -0.3 is 50.5 Å². The minimum absolute atomic E-state index is 0. The quantitative estimate of drug-likeness (QED) is 0.0527. The molecule has 4 aliphatic carbocycles. The standard InChI is InChI=1S/C27H46O13S.Na/c1-13(5-6-16(29)14(2)12-28)15-11-19(31)27(36)23(15,3)10-8-18-24(4)9-7-17(30)20(32)26(24,35)22(40-41(37,38)39)21(33)25(18,27)34;/h13,15-22,28-36H,2,5-12H2,1,3-4H3,(H,37,38,39);/q;+1/p-1/t13-,15-,16?,17+,18-,19+,20+,21+,22+,23-,24-,25-,26+,27+;/m1./s1. The first-order chi connectivity index (χ1) is 18.7. The minimum atomic E-state index is -5.66. The molecule has 14 atom stereocenters. The second-order valence-electron chi connectivity index (χ2n) is 13.5. The summed E-state index contributed by atoms with van der Waals surface area (Å²) in [6.45, 7) is 8.16. The third-order valence-corrected chi connectivity index (χ3v) is 12.3. The molecule has 4 aliphatic rings. The van der Waals surface area contributed by atoms with Crippen LogP contribution < -0.4 is 29.6 Å². The van der Waals surface area contributed by atoms with Gasteiger partial charge in [0.05, 0.1) is 24.9 Å². The van der Waals surface area contributed by atoms with Crippen molar-refractivity contribution in [3.05, 3.63) is 12.2 Å². The zero-order chi connectivity index (χ0) is 31.1. The maximum Gasteiger partial charge on any atom is 1.00 e. The van der Waals surface area contributed by atoms with E-state index in [1.807, 2.05) is 6.92 Å². The van der Waals surface area contributed by atoms with Crippen molar-refractivity contribution in [1.29, 1.82) is 0 Å². The van der Waals surface area contributed by atoms with E-state index >= 15 is 0 Å². The van der Waals surface area contributed by atoms with E-state index in [2.05, 4.69) is 10.8 Å². The van der Waals surface area contributed by atoms with Crippen molar-refractivity contribution < 1.29 is 92.7 Å². The molecule has 0 heterocycles. The number of aliphatic hydroxyl groups excluding tert-OH is 6. The van der Waals surface area contributed by atoms with E-state index in [9.17, 15) is 58.9 Å². The first-order valence-electron chi connectivity index (χ1n) is 14.2. The molecule has 13 nitrogen and oxygen atoms in total. The van der Waals surface area contributed by atoms with E-state index in [4.69, 9.17) is 0 Å². The maximum absolute atomic E-state index is 12.5. The minimum Gasteiger partial charge on any atom is -0.726 e. The molecule has 0 spiro atoms. The Hall–Kier alpha value is 0.250. The summed E-state index contributed by atoms with van der Waals surface area (Å²) in [6.07, 6.45) is -10.6. The molecule has 4 saturated carbocycles. The summed E-state index contributed by atoms with van der Waals surface area (Å²) in [7, 11) is -5.66. The number of aliphatic hydroxyl groups is 9. The van der Waals surface area contributed by atoms with Gasteiger partial charge in [0.25, 0.3) is 0 Å². The summed E-state index contributed by atoms with van der Waals surface area (Å²) in [6, 6.07) is 0. The summed E-state index contributed by atoms with van der Waals surface area (Å²) in [5.74, 6) is -1.95. The van der Waals surface area contributed by atoms with Crippen LogP contribution in [-0.2, 0) is 14.6 Å². The van der Waals surface area contributed by atoms with Crippen molar-refractivity contribution >= 4 is 10.4 Å². The first-order valence-corrected chi connectivity index (χ1v) is 15.5. The molecule has 0 aromatic carbocycles. The second kappa shape index (κ2) is 11.8. The Morgan fingerprint density at radius 2 is 1.57 bits per heavy atom. The molecular weight excluding hydrogens is 587 g/mol. The molecule has 0 amide bonds. The molecule has 0 aliphatic heterocycles. The summed E-state index contributed by atoms with van der Waals surface area (Å²) in [5, 5.41) is 101. The van der Waals surface area contributed by atoms with Gasteiger partial charge in [-0.15, -0.1) is 0 Å². The molecule has 238 valence electrons. The van der Waals surface area contributed by atoms with Crippen molar-refractivity contribution in [2.45, 2.75) is 119 Å². The van der Waals surface area contributed by atoms with Crippen molar-refractivity contribution in [2.75, 3.05) is 6.61 Å². The molecule has 42 heavy (non-hydrogen) atoms. The molecule has 4 fully saturated rings. The summed E-state index contributed by atoms with van der Waals surface area (Å²) in [5.41, 5.74) is -10.7. The third kappa shape index (κ3) is 4.83. The number of hydrogen-bond acceptors (Lipinski definition) is 13. The zero-order valence-electron chi connectivity index (χ0n) is 24.6. The number of fused-ring (bicyclic) bond motifs is 5. The SMILES string of the molecule is C=C(CO)C(O)CC[C@@H](C)[C@H]1C[C@H](O)[C@@]2(O)[C@]3(O)[C@@H](O)[C@H](OS(=O)(=O)[O-])[C@@]4(O)[C@@H](O)[C@@H](O)CC[C@]4(C)[C@H]3CC[C@]12C.[Na+]. The van der Waals surface area contributed by atoms with Gasteiger partial charge in [-0.2, -0.15) is 0 Å². The first kappa shape index (κ1) is 36.7. The van der Waals surface area contributed by atoms with Gasteiger partial charge in [-0.25, -0.2) is 8.42 Å². The second-order valence-corrected chi connectivity index (χ2v) is 14.5. The van der Waals surface area contributed by atoms with Gasteiger partial charge in [0, 0.05) is 16.7 Å². The van der Waals surface area contributed by atoms with E-state index in [1.165, 1.54) is 6.92 Å². The third-order valence-electron chi connectivity index (χ3n) is 11.9. The van der Waals surface area contributed by atoms with Gasteiger partial charge in [0.2, 0.25) is 10.4 Å². The summed E-state index contributed by atoms with van der Waals surface area (Å²) >= 11 is 0. The van der Waals surface area contributed by atoms with Crippen LogP contribution in [0.5, 0.6) is 0 Å². The molecule has 0 radical (unpaired) electrons. The molecule has 0 bridgehead atoms. The Morgan fingerprint density at radius 3 is 2.12 bits per heavy atom. The van der Waals surface area contributed by atoms with Crippen LogP contribution in [0.1, 0.15) is 65.7 Å². The predicted molar refractivity (Wildman–Crippen MR) is 140 cm³/mol. The van der Waals surface area contributed by atoms with Crippen molar-refractivity contribution in [2.24, 2.45) is 28.6 Å². The Bertz CT molecular complexity index is 1140. The summed E-state index contributed by atoms with van der Waals surface area (Å²) in [4.78, 5) is 0. The normalized spacial score (nSPS) is 50.1. The molecular formula is C27H45NaO13S. The predicted octanol–water partition coefficient (Wildman–Crippen LogP) is -4.95. The maximum atomic E-state index is 12.5. The van der Waals surface area contributed by atoms with Gasteiger partial charge in [0.1, 0.15) is 35.1 Å². The Labute approximate surface area is 268 Å². The van der Waals surface area contributed by atoms with Crippen LogP contribution >= 0.6 is 0 Å². The van der Waals surface area contributed by atoms with Crippen LogP contribution in [0.2, 0.25) is 0 Å². The van der Waals surface area contributed by atoms with Crippen LogP contribution in [0.4, 0.5) is 0 Å². The largest absolute Gasteiger partial charge is 1.00 e. The van der Waals surface area contributed by atoms with E-state index in [1.54, 1.807) is 6.92 Å². The van der Waals surface area contributed by atoms with Gasteiger partial charge in [0.15, 0.2) is 0 Å². The van der Waals surface area contributed by atoms with Crippen LogP contribution in [0.25, 0.3) is 0 Å². The molecule has 4 rings (SSSR count). The van der Waals surface area contributed by atoms with E-state index in [0.29, 0.717) is 6.42 Å².